The summed E-state index contributed by atoms with van der Waals surface area (Å²) in [7, 11) is 0. The molecular formula is C22H15NO. The highest BCUT2D eigenvalue weighted by atomic mass is 16.1. The SMILES string of the molecule is O=C(c1ccccc1)c1ccc(-c2ccc3ccccc3c2)nc1. The summed E-state index contributed by atoms with van der Waals surface area (Å²) in [5.41, 5.74) is 3.20. The van der Waals surface area contributed by atoms with Crippen LogP contribution in [0.3, 0.4) is 0 Å². The number of ketones is 1. The molecule has 0 bridgehead atoms. The van der Waals surface area contributed by atoms with Crippen LogP contribution in [0.15, 0.2) is 91.1 Å². The molecule has 0 fully saturated rings. The van der Waals surface area contributed by atoms with Crippen molar-refractivity contribution < 1.29 is 4.79 Å². The monoisotopic (exact) mass is 309 g/mol. The number of nitrogens with zero attached hydrogens (tertiary/aromatic N) is 1. The van der Waals surface area contributed by atoms with Crippen molar-refractivity contribution >= 4 is 16.6 Å². The fraction of sp³-hybridized carbons (Fsp3) is 0. The molecule has 0 saturated heterocycles. The highest BCUT2D eigenvalue weighted by Gasteiger charge is 2.09. The molecule has 0 aliphatic rings. The molecule has 0 aliphatic carbocycles. The Kier molecular flexibility index (Phi) is 3.64. The summed E-state index contributed by atoms with van der Waals surface area (Å²) in [6.45, 7) is 0. The first-order valence-electron chi connectivity index (χ1n) is 7.86. The van der Waals surface area contributed by atoms with Gasteiger partial charge in [-0.1, -0.05) is 66.7 Å². The van der Waals surface area contributed by atoms with E-state index >= 15 is 0 Å². The number of hydrogen-bond donors (Lipinski definition) is 0. The van der Waals surface area contributed by atoms with Crippen LogP contribution in [0, 0.1) is 0 Å². The molecule has 0 amide bonds. The first-order chi connectivity index (χ1) is 11.8. The lowest BCUT2D eigenvalue weighted by Gasteiger charge is -2.05. The molecule has 114 valence electrons. The molecule has 0 spiro atoms. The third-order valence-corrected chi connectivity index (χ3v) is 4.11. The molecule has 0 aliphatic heterocycles. The van der Waals surface area contributed by atoms with Gasteiger partial charge in [0.05, 0.1) is 5.69 Å². The number of rotatable bonds is 3. The Morgan fingerprint density at radius 1 is 0.667 bits per heavy atom. The van der Waals surface area contributed by atoms with Gasteiger partial charge in [-0.25, -0.2) is 0 Å². The molecule has 0 unspecified atom stereocenters. The van der Waals surface area contributed by atoms with Crippen molar-refractivity contribution in [2.45, 2.75) is 0 Å². The van der Waals surface area contributed by atoms with E-state index in [1.807, 2.05) is 54.6 Å². The Labute approximate surface area is 140 Å². The fourth-order valence-corrected chi connectivity index (χ4v) is 2.80. The van der Waals surface area contributed by atoms with E-state index in [-0.39, 0.29) is 5.78 Å². The van der Waals surface area contributed by atoms with Crippen LogP contribution in [0.25, 0.3) is 22.0 Å². The lowest BCUT2D eigenvalue weighted by molar-refractivity contribution is 0.103. The summed E-state index contributed by atoms with van der Waals surface area (Å²) in [5.74, 6) is -0.00633. The summed E-state index contributed by atoms with van der Waals surface area (Å²) in [4.78, 5) is 16.9. The van der Waals surface area contributed by atoms with Gasteiger partial charge in [0.15, 0.2) is 5.78 Å². The molecule has 0 atom stereocenters. The molecule has 4 aromatic rings. The molecule has 2 nitrogen and oxygen atoms in total. The number of carbonyl (C=O) groups excluding carboxylic acids is 1. The Hall–Kier alpha value is -3.26. The van der Waals surface area contributed by atoms with E-state index in [2.05, 4.69) is 35.3 Å². The predicted octanol–water partition coefficient (Wildman–Crippen LogP) is 5.13. The normalized spacial score (nSPS) is 10.7. The second kappa shape index (κ2) is 6.09. The first kappa shape index (κ1) is 14.3. The first-order valence-corrected chi connectivity index (χ1v) is 7.86. The zero-order valence-corrected chi connectivity index (χ0v) is 13.0. The third kappa shape index (κ3) is 2.70. The van der Waals surface area contributed by atoms with Crippen LogP contribution in [0.1, 0.15) is 15.9 Å². The van der Waals surface area contributed by atoms with Crippen molar-refractivity contribution in [2.75, 3.05) is 0 Å². The minimum absolute atomic E-state index is 0.00633. The largest absolute Gasteiger partial charge is 0.289 e. The van der Waals surface area contributed by atoms with Gasteiger partial charge in [0.1, 0.15) is 0 Å². The molecule has 3 aromatic carbocycles. The summed E-state index contributed by atoms with van der Waals surface area (Å²) >= 11 is 0. The van der Waals surface area contributed by atoms with Crippen LogP contribution < -0.4 is 0 Å². The van der Waals surface area contributed by atoms with E-state index < -0.39 is 0 Å². The Balaban J connectivity index is 1.66. The average molecular weight is 309 g/mol. The second-order valence-electron chi connectivity index (χ2n) is 5.69. The predicted molar refractivity (Wildman–Crippen MR) is 97.1 cm³/mol. The van der Waals surface area contributed by atoms with E-state index in [1.54, 1.807) is 6.20 Å². The van der Waals surface area contributed by atoms with Crippen LogP contribution >= 0.6 is 0 Å². The maximum Gasteiger partial charge on any atom is 0.194 e. The summed E-state index contributed by atoms with van der Waals surface area (Å²) < 4.78 is 0. The minimum atomic E-state index is -0.00633. The zero-order chi connectivity index (χ0) is 16.4. The Morgan fingerprint density at radius 3 is 2.17 bits per heavy atom. The van der Waals surface area contributed by atoms with Gasteiger partial charge in [0, 0.05) is 22.9 Å². The minimum Gasteiger partial charge on any atom is -0.289 e. The molecular weight excluding hydrogens is 294 g/mol. The lowest BCUT2D eigenvalue weighted by atomic mass is 10.0. The molecule has 24 heavy (non-hydrogen) atoms. The molecule has 0 N–H and O–H groups in total. The van der Waals surface area contributed by atoms with Crippen molar-refractivity contribution in [1.82, 2.24) is 4.98 Å². The van der Waals surface area contributed by atoms with Crippen LogP contribution in [0.2, 0.25) is 0 Å². The van der Waals surface area contributed by atoms with Crippen LogP contribution in [0.4, 0.5) is 0 Å². The van der Waals surface area contributed by atoms with Gasteiger partial charge in [-0.05, 0) is 29.0 Å². The molecule has 0 saturated carbocycles. The van der Waals surface area contributed by atoms with Gasteiger partial charge in [0.2, 0.25) is 0 Å². The van der Waals surface area contributed by atoms with Gasteiger partial charge in [-0.2, -0.15) is 0 Å². The highest BCUT2D eigenvalue weighted by Crippen LogP contribution is 2.23. The molecule has 1 heterocycles. The van der Waals surface area contributed by atoms with Crippen molar-refractivity contribution in [3.63, 3.8) is 0 Å². The van der Waals surface area contributed by atoms with Gasteiger partial charge in [-0.15, -0.1) is 0 Å². The number of carbonyl (C=O) groups is 1. The Bertz CT molecular complexity index is 1000. The van der Waals surface area contributed by atoms with Crippen LogP contribution in [-0.2, 0) is 0 Å². The van der Waals surface area contributed by atoms with E-state index in [1.165, 1.54) is 10.8 Å². The smallest absolute Gasteiger partial charge is 0.194 e. The van der Waals surface area contributed by atoms with Gasteiger partial charge < -0.3 is 0 Å². The van der Waals surface area contributed by atoms with Crippen molar-refractivity contribution in [3.05, 3.63) is 102 Å². The van der Waals surface area contributed by atoms with Crippen molar-refractivity contribution in [1.29, 1.82) is 0 Å². The fourth-order valence-electron chi connectivity index (χ4n) is 2.80. The topological polar surface area (TPSA) is 30.0 Å². The lowest BCUT2D eigenvalue weighted by Crippen LogP contribution is -2.01. The van der Waals surface area contributed by atoms with E-state index in [9.17, 15) is 4.79 Å². The average Bonchev–Trinajstić information content (AvgIpc) is 2.68. The quantitative estimate of drug-likeness (QED) is 0.491. The van der Waals surface area contributed by atoms with E-state index in [0.29, 0.717) is 11.1 Å². The van der Waals surface area contributed by atoms with Gasteiger partial charge in [-0.3, -0.25) is 9.78 Å². The number of benzene rings is 3. The second-order valence-corrected chi connectivity index (χ2v) is 5.69. The maximum absolute atomic E-state index is 12.4. The van der Waals surface area contributed by atoms with Gasteiger partial charge >= 0.3 is 0 Å². The number of pyridine rings is 1. The number of aromatic nitrogens is 1. The van der Waals surface area contributed by atoms with Crippen LogP contribution in [-0.4, -0.2) is 10.8 Å². The standard InChI is InChI=1S/C22H15NO/c24-22(17-7-2-1-3-8-17)20-12-13-21(23-15-20)19-11-10-16-6-4-5-9-18(16)14-19/h1-15H. The molecule has 2 heteroatoms. The maximum atomic E-state index is 12.4. The summed E-state index contributed by atoms with van der Waals surface area (Å²) in [5, 5.41) is 2.39. The number of fused-ring (bicyclic) bond motifs is 1. The third-order valence-electron chi connectivity index (χ3n) is 4.11. The van der Waals surface area contributed by atoms with Gasteiger partial charge in [0.25, 0.3) is 0 Å². The number of hydrogen-bond acceptors (Lipinski definition) is 2. The molecule has 1 aromatic heterocycles. The molecule has 0 radical (unpaired) electrons. The van der Waals surface area contributed by atoms with Crippen molar-refractivity contribution in [2.24, 2.45) is 0 Å². The van der Waals surface area contributed by atoms with E-state index in [0.717, 1.165) is 11.3 Å². The molecule has 4 rings (SSSR count). The van der Waals surface area contributed by atoms with E-state index in [4.69, 9.17) is 0 Å². The Morgan fingerprint density at radius 2 is 1.42 bits per heavy atom. The van der Waals surface area contributed by atoms with Crippen molar-refractivity contribution in [3.8, 4) is 11.3 Å². The highest BCUT2D eigenvalue weighted by molar-refractivity contribution is 6.08. The van der Waals surface area contributed by atoms with Crippen LogP contribution in [0.5, 0.6) is 0 Å². The zero-order valence-electron chi connectivity index (χ0n) is 13.0. The summed E-state index contributed by atoms with van der Waals surface area (Å²) in [6, 6.07) is 27.5. The summed E-state index contributed by atoms with van der Waals surface area (Å²) in [6.07, 6.45) is 1.65.